The number of carbonyl (C=O) groups is 1. The van der Waals surface area contributed by atoms with Crippen molar-refractivity contribution in [3.8, 4) is 0 Å². The summed E-state index contributed by atoms with van der Waals surface area (Å²) >= 11 is 0. The third-order valence-electron chi connectivity index (χ3n) is 4.49. The van der Waals surface area contributed by atoms with Gasteiger partial charge in [0.2, 0.25) is 5.91 Å². The van der Waals surface area contributed by atoms with E-state index in [-0.39, 0.29) is 24.5 Å². The lowest BCUT2D eigenvalue weighted by Gasteiger charge is -2.28. The Balaban J connectivity index is 1.76. The van der Waals surface area contributed by atoms with E-state index in [0.717, 1.165) is 12.0 Å². The van der Waals surface area contributed by atoms with E-state index in [1.807, 2.05) is 37.3 Å². The summed E-state index contributed by atoms with van der Waals surface area (Å²) in [7, 11) is 0. The molecule has 128 valence electrons. The summed E-state index contributed by atoms with van der Waals surface area (Å²) in [6.45, 7) is 3.20. The van der Waals surface area contributed by atoms with Crippen LogP contribution < -0.4 is 0 Å². The second-order valence-corrected chi connectivity index (χ2v) is 6.21. The molecule has 2 heterocycles. The highest BCUT2D eigenvalue weighted by molar-refractivity contribution is 5.79. The van der Waals surface area contributed by atoms with Gasteiger partial charge in [-0.3, -0.25) is 4.79 Å². The zero-order valence-electron chi connectivity index (χ0n) is 13.8. The second-order valence-electron chi connectivity index (χ2n) is 6.21. The van der Waals surface area contributed by atoms with E-state index < -0.39 is 6.10 Å². The van der Waals surface area contributed by atoms with Crippen LogP contribution in [0.3, 0.4) is 0 Å². The van der Waals surface area contributed by atoms with E-state index in [1.54, 1.807) is 17.0 Å². The molecule has 5 heteroatoms. The highest BCUT2D eigenvalue weighted by Crippen LogP contribution is 2.25. The number of hydrogen-bond donors (Lipinski definition) is 1. The van der Waals surface area contributed by atoms with Gasteiger partial charge in [0.15, 0.2) is 0 Å². The average molecular weight is 329 g/mol. The monoisotopic (exact) mass is 329 g/mol. The van der Waals surface area contributed by atoms with E-state index in [0.29, 0.717) is 18.9 Å². The third-order valence-corrected chi connectivity index (χ3v) is 4.49. The molecule has 5 nitrogen and oxygen atoms in total. The van der Waals surface area contributed by atoms with E-state index in [4.69, 9.17) is 9.15 Å². The summed E-state index contributed by atoms with van der Waals surface area (Å²) < 4.78 is 10.8. The van der Waals surface area contributed by atoms with E-state index in [9.17, 15) is 9.90 Å². The first-order chi connectivity index (χ1) is 11.6. The summed E-state index contributed by atoms with van der Waals surface area (Å²) in [5.41, 5.74) is 1.03. The van der Waals surface area contributed by atoms with Gasteiger partial charge >= 0.3 is 0 Å². The first-order valence-corrected chi connectivity index (χ1v) is 8.31. The Morgan fingerprint density at radius 2 is 2.08 bits per heavy atom. The predicted molar refractivity (Wildman–Crippen MR) is 89.0 cm³/mol. The smallest absolute Gasteiger partial charge is 0.228 e. The van der Waals surface area contributed by atoms with Crippen LogP contribution in [0.4, 0.5) is 0 Å². The zero-order chi connectivity index (χ0) is 16.9. The van der Waals surface area contributed by atoms with Crippen LogP contribution in [0.25, 0.3) is 0 Å². The first-order valence-electron chi connectivity index (χ1n) is 8.31. The highest BCUT2D eigenvalue weighted by atomic mass is 16.5. The van der Waals surface area contributed by atoms with Gasteiger partial charge in [-0.2, -0.15) is 0 Å². The molecule has 0 bridgehead atoms. The Bertz CT molecular complexity index is 641. The molecule has 0 saturated carbocycles. The molecule has 3 unspecified atom stereocenters. The van der Waals surface area contributed by atoms with Gasteiger partial charge in [0.05, 0.1) is 24.8 Å². The molecular weight excluding hydrogens is 306 g/mol. The van der Waals surface area contributed by atoms with Crippen LogP contribution in [0, 0.1) is 5.92 Å². The van der Waals surface area contributed by atoms with Gasteiger partial charge < -0.3 is 19.2 Å². The first kappa shape index (κ1) is 16.7. The standard InChI is InChI=1S/C19H23NO4/c1-14-16(9-11-23-14)19(22)20(12-15-6-3-2-4-7-15)13-17(21)18-8-5-10-24-18/h2-8,10,14,16-17,21H,9,11-13H2,1H3. The number of nitrogens with zero attached hydrogens (tertiary/aromatic N) is 1. The van der Waals surface area contributed by atoms with Gasteiger partial charge in [-0.15, -0.1) is 0 Å². The van der Waals surface area contributed by atoms with Crippen LogP contribution >= 0.6 is 0 Å². The molecule has 1 amide bonds. The Hall–Kier alpha value is -2.11. The van der Waals surface area contributed by atoms with E-state index in [2.05, 4.69) is 0 Å². The Kier molecular flexibility index (Phi) is 5.33. The van der Waals surface area contributed by atoms with Crippen LogP contribution in [-0.2, 0) is 16.1 Å². The molecular formula is C19H23NO4. The summed E-state index contributed by atoms with van der Waals surface area (Å²) in [6.07, 6.45) is 1.32. The number of benzene rings is 1. The number of amides is 1. The molecule has 1 fully saturated rings. The average Bonchev–Trinajstić information content (AvgIpc) is 3.26. The maximum Gasteiger partial charge on any atom is 0.228 e. The van der Waals surface area contributed by atoms with Gasteiger partial charge in [0.25, 0.3) is 0 Å². The fourth-order valence-electron chi connectivity index (χ4n) is 3.11. The number of aliphatic hydroxyl groups is 1. The predicted octanol–water partition coefficient (Wildman–Crippen LogP) is 2.77. The lowest BCUT2D eigenvalue weighted by Crippen LogP contribution is -2.40. The summed E-state index contributed by atoms with van der Waals surface area (Å²) in [4.78, 5) is 14.7. The third kappa shape index (κ3) is 3.86. The Labute approximate surface area is 141 Å². The molecule has 1 aromatic carbocycles. The van der Waals surface area contributed by atoms with Crippen LogP contribution in [0.1, 0.15) is 30.8 Å². The van der Waals surface area contributed by atoms with Crippen molar-refractivity contribution >= 4 is 5.91 Å². The van der Waals surface area contributed by atoms with Crippen molar-refractivity contribution in [2.24, 2.45) is 5.92 Å². The summed E-state index contributed by atoms with van der Waals surface area (Å²) in [5, 5.41) is 10.4. The number of hydrogen-bond acceptors (Lipinski definition) is 4. The van der Waals surface area contributed by atoms with Gasteiger partial charge in [-0.25, -0.2) is 0 Å². The summed E-state index contributed by atoms with van der Waals surface area (Å²) in [5.74, 6) is 0.337. The largest absolute Gasteiger partial charge is 0.467 e. The molecule has 3 atom stereocenters. The van der Waals surface area contributed by atoms with Crippen molar-refractivity contribution in [3.63, 3.8) is 0 Å². The fourth-order valence-corrected chi connectivity index (χ4v) is 3.11. The maximum atomic E-state index is 13.0. The second kappa shape index (κ2) is 7.64. The number of furan rings is 1. The van der Waals surface area contributed by atoms with Crippen molar-refractivity contribution in [2.45, 2.75) is 32.1 Å². The maximum absolute atomic E-state index is 13.0. The van der Waals surface area contributed by atoms with Crippen molar-refractivity contribution < 1.29 is 19.1 Å². The minimum Gasteiger partial charge on any atom is -0.467 e. The Morgan fingerprint density at radius 3 is 2.71 bits per heavy atom. The van der Waals surface area contributed by atoms with Crippen molar-refractivity contribution in [1.29, 1.82) is 0 Å². The van der Waals surface area contributed by atoms with Gasteiger partial charge in [0, 0.05) is 13.2 Å². The lowest BCUT2D eigenvalue weighted by molar-refractivity contribution is -0.139. The number of rotatable bonds is 6. The SMILES string of the molecule is CC1OCCC1C(=O)N(Cc1ccccc1)CC(O)c1ccco1. The minimum absolute atomic E-state index is 0.0226. The molecule has 0 radical (unpaired) electrons. The molecule has 0 spiro atoms. The van der Waals surface area contributed by atoms with E-state index >= 15 is 0 Å². The number of ether oxygens (including phenoxy) is 1. The van der Waals surface area contributed by atoms with Gasteiger partial charge in [0.1, 0.15) is 11.9 Å². The number of aliphatic hydroxyl groups excluding tert-OH is 1. The van der Waals surface area contributed by atoms with Gasteiger partial charge in [-0.1, -0.05) is 30.3 Å². The minimum atomic E-state index is -0.842. The zero-order valence-corrected chi connectivity index (χ0v) is 13.8. The molecule has 2 aromatic rings. The lowest BCUT2D eigenvalue weighted by atomic mass is 10.00. The van der Waals surface area contributed by atoms with Crippen molar-refractivity contribution in [1.82, 2.24) is 4.90 Å². The van der Waals surface area contributed by atoms with Gasteiger partial charge in [-0.05, 0) is 31.0 Å². The molecule has 1 aromatic heterocycles. The van der Waals surface area contributed by atoms with Crippen LogP contribution in [0.2, 0.25) is 0 Å². The summed E-state index contributed by atoms with van der Waals surface area (Å²) in [6, 6.07) is 13.2. The van der Waals surface area contributed by atoms with Crippen LogP contribution in [-0.4, -0.2) is 35.2 Å². The molecule has 1 N–H and O–H groups in total. The van der Waals surface area contributed by atoms with Crippen molar-refractivity contribution in [3.05, 3.63) is 60.1 Å². The normalized spacial score (nSPS) is 21.6. The highest BCUT2D eigenvalue weighted by Gasteiger charge is 2.34. The fraction of sp³-hybridized carbons (Fsp3) is 0.421. The molecule has 3 rings (SSSR count). The molecule has 1 aliphatic rings. The number of carbonyl (C=O) groups excluding carboxylic acids is 1. The van der Waals surface area contributed by atoms with Crippen molar-refractivity contribution in [2.75, 3.05) is 13.2 Å². The Morgan fingerprint density at radius 1 is 1.29 bits per heavy atom. The molecule has 1 saturated heterocycles. The molecule has 0 aliphatic carbocycles. The molecule has 24 heavy (non-hydrogen) atoms. The topological polar surface area (TPSA) is 62.9 Å². The molecule has 1 aliphatic heterocycles. The van der Waals surface area contributed by atoms with E-state index in [1.165, 1.54) is 6.26 Å². The van der Waals surface area contributed by atoms with Crippen LogP contribution in [0.15, 0.2) is 53.1 Å². The van der Waals surface area contributed by atoms with Crippen LogP contribution in [0.5, 0.6) is 0 Å². The quantitative estimate of drug-likeness (QED) is 0.885.